The number of hydrogen-bond donors (Lipinski definition) is 1. The Hall–Kier alpha value is -1.26. The lowest BCUT2D eigenvalue weighted by Crippen LogP contribution is -2.29. The number of aromatic nitrogens is 2. The van der Waals surface area contributed by atoms with Crippen LogP contribution < -0.4 is 5.32 Å². The Morgan fingerprint density at radius 1 is 1.25 bits per heavy atom. The Balaban J connectivity index is 1.96. The number of nitrogens with zero attached hydrogens (tertiary/aromatic N) is 2. The van der Waals surface area contributed by atoms with E-state index in [0.717, 1.165) is 12.8 Å². The number of rotatable bonds is 5. The highest BCUT2D eigenvalue weighted by Gasteiger charge is 2.09. The molecule has 84 valence electrons. The van der Waals surface area contributed by atoms with E-state index in [2.05, 4.69) is 27.4 Å². The van der Waals surface area contributed by atoms with Crippen LogP contribution in [0.3, 0.4) is 0 Å². The monoisotopic (exact) mass is 233 g/mol. The SMILES string of the molecule is CNC(Cc1ccncc1)Cc1cncs1. The van der Waals surface area contributed by atoms with Crippen molar-refractivity contribution in [2.45, 2.75) is 18.9 Å². The van der Waals surface area contributed by atoms with Gasteiger partial charge in [0.05, 0.1) is 5.51 Å². The molecule has 16 heavy (non-hydrogen) atoms. The van der Waals surface area contributed by atoms with E-state index < -0.39 is 0 Å². The molecule has 0 aromatic carbocycles. The highest BCUT2D eigenvalue weighted by atomic mass is 32.1. The normalized spacial score (nSPS) is 12.6. The van der Waals surface area contributed by atoms with Gasteiger partial charge in [0.15, 0.2) is 0 Å². The third-order valence-corrected chi connectivity index (χ3v) is 3.37. The minimum atomic E-state index is 0.461. The van der Waals surface area contributed by atoms with Crippen LogP contribution in [0.25, 0.3) is 0 Å². The molecular weight excluding hydrogens is 218 g/mol. The Bertz CT molecular complexity index is 399. The maximum Gasteiger partial charge on any atom is 0.0794 e. The van der Waals surface area contributed by atoms with Crippen LogP contribution in [-0.4, -0.2) is 23.1 Å². The molecule has 0 aliphatic heterocycles. The van der Waals surface area contributed by atoms with E-state index >= 15 is 0 Å². The molecule has 2 aromatic rings. The van der Waals surface area contributed by atoms with E-state index in [-0.39, 0.29) is 0 Å². The summed E-state index contributed by atoms with van der Waals surface area (Å²) in [4.78, 5) is 9.45. The van der Waals surface area contributed by atoms with Crippen molar-refractivity contribution in [2.24, 2.45) is 0 Å². The lowest BCUT2D eigenvalue weighted by Gasteiger charge is -2.14. The van der Waals surface area contributed by atoms with Crippen molar-refractivity contribution in [1.29, 1.82) is 0 Å². The smallest absolute Gasteiger partial charge is 0.0794 e. The van der Waals surface area contributed by atoms with Gasteiger partial charge in [0, 0.05) is 29.5 Å². The van der Waals surface area contributed by atoms with Crippen LogP contribution in [0.4, 0.5) is 0 Å². The second-order valence-corrected chi connectivity index (χ2v) is 4.69. The Kier molecular flexibility index (Phi) is 4.02. The Morgan fingerprint density at radius 2 is 2.06 bits per heavy atom. The van der Waals surface area contributed by atoms with Crippen molar-refractivity contribution < 1.29 is 0 Å². The van der Waals surface area contributed by atoms with Crippen LogP contribution in [0.2, 0.25) is 0 Å². The van der Waals surface area contributed by atoms with Crippen LogP contribution in [0.5, 0.6) is 0 Å². The van der Waals surface area contributed by atoms with E-state index in [0.29, 0.717) is 6.04 Å². The first-order valence-electron chi connectivity index (χ1n) is 5.32. The van der Waals surface area contributed by atoms with Gasteiger partial charge >= 0.3 is 0 Å². The molecule has 2 heterocycles. The topological polar surface area (TPSA) is 37.8 Å². The van der Waals surface area contributed by atoms with Gasteiger partial charge in [0.25, 0.3) is 0 Å². The van der Waals surface area contributed by atoms with E-state index in [1.165, 1.54) is 10.4 Å². The first kappa shape index (κ1) is 11.2. The standard InChI is InChI=1S/C12H15N3S/c1-13-11(7-12-8-15-9-16-12)6-10-2-4-14-5-3-10/h2-5,8-9,11,13H,6-7H2,1H3. The largest absolute Gasteiger partial charge is 0.316 e. The van der Waals surface area contributed by atoms with Crippen LogP contribution in [0.15, 0.2) is 36.2 Å². The summed E-state index contributed by atoms with van der Waals surface area (Å²) in [6, 6.07) is 4.59. The molecule has 0 aliphatic rings. The molecule has 0 saturated heterocycles. The van der Waals surface area contributed by atoms with E-state index in [1.807, 2.05) is 31.1 Å². The molecule has 2 aromatic heterocycles. The minimum absolute atomic E-state index is 0.461. The van der Waals surface area contributed by atoms with Crippen molar-refractivity contribution in [3.05, 3.63) is 46.7 Å². The number of nitrogens with one attached hydrogen (secondary N) is 1. The first-order valence-corrected chi connectivity index (χ1v) is 6.20. The van der Waals surface area contributed by atoms with Crippen molar-refractivity contribution in [2.75, 3.05) is 7.05 Å². The predicted molar refractivity (Wildman–Crippen MR) is 66.6 cm³/mol. The highest BCUT2D eigenvalue weighted by molar-refractivity contribution is 7.09. The second kappa shape index (κ2) is 5.72. The Labute approximate surface area is 99.6 Å². The molecule has 0 saturated carbocycles. The molecule has 2 rings (SSSR count). The summed E-state index contributed by atoms with van der Waals surface area (Å²) < 4.78 is 0. The molecule has 0 bridgehead atoms. The summed E-state index contributed by atoms with van der Waals surface area (Å²) in [6.45, 7) is 0. The molecule has 0 fully saturated rings. The molecule has 1 N–H and O–H groups in total. The molecule has 1 unspecified atom stereocenters. The highest BCUT2D eigenvalue weighted by Crippen LogP contribution is 2.11. The van der Waals surface area contributed by atoms with Crippen LogP contribution in [-0.2, 0) is 12.8 Å². The van der Waals surface area contributed by atoms with E-state index in [1.54, 1.807) is 11.3 Å². The van der Waals surface area contributed by atoms with Gasteiger partial charge in [-0.2, -0.15) is 0 Å². The van der Waals surface area contributed by atoms with Gasteiger partial charge in [0.2, 0.25) is 0 Å². The van der Waals surface area contributed by atoms with Crippen LogP contribution in [0.1, 0.15) is 10.4 Å². The van der Waals surface area contributed by atoms with Gasteiger partial charge in [-0.25, -0.2) is 0 Å². The lowest BCUT2D eigenvalue weighted by atomic mass is 10.0. The van der Waals surface area contributed by atoms with Crippen LogP contribution in [0, 0.1) is 0 Å². The zero-order chi connectivity index (χ0) is 11.2. The second-order valence-electron chi connectivity index (χ2n) is 3.72. The van der Waals surface area contributed by atoms with Crippen molar-refractivity contribution in [3.8, 4) is 0 Å². The number of hydrogen-bond acceptors (Lipinski definition) is 4. The average molecular weight is 233 g/mol. The fraction of sp³-hybridized carbons (Fsp3) is 0.333. The van der Waals surface area contributed by atoms with E-state index in [4.69, 9.17) is 0 Å². The maximum atomic E-state index is 4.10. The van der Waals surface area contributed by atoms with Gasteiger partial charge in [-0.05, 0) is 37.6 Å². The van der Waals surface area contributed by atoms with Gasteiger partial charge in [-0.1, -0.05) is 0 Å². The van der Waals surface area contributed by atoms with Gasteiger partial charge in [0.1, 0.15) is 0 Å². The van der Waals surface area contributed by atoms with E-state index in [9.17, 15) is 0 Å². The minimum Gasteiger partial charge on any atom is -0.316 e. The molecule has 1 atom stereocenters. The predicted octanol–water partition coefficient (Wildman–Crippen LogP) is 1.91. The molecule has 0 radical (unpaired) electrons. The zero-order valence-electron chi connectivity index (χ0n) is 9.26. The molecule has 0 aliphatic carbocycles. The molecular formula is C12H15N3S. The summed E-state index contributed by atoms with van der Waals surface area (Å²) >= 11 is 1.71. The summed E-state index contributed by atoms with van der Waals surface area (Å²) in [5.41, 5.74) is 3.20. The zero-order valence-corrected chi connectivity index (χ0v) is 10.1. The fourth-order valence-electron chi connectivity index (χ4n) is 1.67. The lowest BCUT2D eigenvalue weighted by molar-refractivity contribution is 0.559. The molecule has 3 nitrogen and oxygen atoms in total. The summed E-state index contributed by atoms with van der Waals surface area (Å²) in [5, 5.41) is 3.35. The summed E-state index contributed by atoms with van der Waals surface area (Å²) in [6.07, 6.45) is 7.69. The molecule has 4 heteroatoms. The maximum absolute atomic E-state index is 4.10. The molecule has 0 spiro atoms. The number of pyridine rings is 1. The third kappa shape index (κ3) is 3.12. The third-order valence-electron chi connectivity index (χ3n) is 2.57. The summed E-state index contributed by atoms with van der Waals surface area (Å²) in [5.74, 6) is 0. The first-order chi connectivity index (χ1) is 7.88. The summed E-state index contributed by atoms with van der Waals surface area (Å²) in [7, 11) is 2.01. The number of thiazole rings is 1. The van der Waals surface area contributed by atoms with Gasteiger partial charge in [-0.3, -0.25) is 9.97 Å². The van der Waals surface area contributed by atoms with Crippen LogP contribution >= 0.6 is 11.3 Å². The van der Waals surface area contributed by atoms with Crippen molar-refractivity contribution >= 4 is 11.3 Å². The number of likely N-dealkylation sites (N-methyl/N-ethyl adjacent to an activating group) is 1. The molecule has 0 amide bonds. The Morgan fingerprint density at radius 3 is 2.69 bits per heavy atom. The quantitative estimate of drug-likeness (QED) is 0.857. The van der Waals surface area contributed by atoms with Gasteiger partial charge in [-0.15, -0.1) is 11.3 Å². The van der Waals surface area contributed by atoms with Crippen molar-refractivity contribution in [3.63, 3.8) is 0 Å². The van der Waals surface area contributed by atoms with Gasteiger partial charge < -0.3 is 5.32 Å². The van der Waals surface area contributed by atoms with Crippen molar-refractivity contribution in [1.82, 2.24) is 15.3 Å². The fourth-order valence-corrected chi connectivity index (χ4v) is 2.34. The average Bonchev–Trinajstić information content (AvgIpc) is 2.82.